The maximum absolute atomic E-state index is 9.22. The van der Waals surface area contributed by atoms with Crippen molar-refractivity contribution in [2.45, 2.75) is 19.8 Å². The maximum Gasteiger partial charge on any atom is 0.298 e. The molecule has 2 nitrogen and oxygen atoms in total. The summed E-state index contributed by atoms with van der Waals surface area (Å²) in [7, 11) is 0. The average Bonchev–Trinajstić information content (AvgIpc) is 1.94. The van der Waals surface area contributed by atoms with E-state index < -0.39 is 0 Å². The summed E-state index contributed by atoms with van der Waals surface area (Å²) < 4.78 is 1.75. The first-order valence-corrected chi connectivity index (χ1v) is 4.31. The van der Waals surface area contributed by atoms with Crippen LogP contribution in [0.1, 0.15) is 25.3 Å². The van der Waals surface area contributed by atoms with E-state index in [1.54, 1.807) is 6.20 Å². The lowest BCUT2D eigenvalue weighted by Gasteiger charge is -2.00. The van der Waals surface area contributed by atoms with Crippen LogP contribution in [0.3, 0.4) is 0 Å². The van der Waals surface area contributed by atoms with Crippen LogP contribution in [0, 0.1) is 0 Å². The van der Waals surface area contributed by atoms with Gasteiger partial charge in [0.15, 0.2) is 0 Å². The van der Waals surface area contributed by atoms with Gasteiger partial charge in [-0.3, -0.25) is 5.21 Å². The molecule has 0 saturated carbocycles. The van der Waals surface area contributed by atoms with E-state index in [4.69, 9.17) is 0 Å². The summed E-state index contributed by atoms with van der Waals surface area (Å²) >= 11 is 3.19. The smallest absolute Gasteiger partial charge is 0.284 e. The minimum Gasteiger partial charge on any atom is -0.284 e. The van der Waals surface area contributed by atoms with Crippen molar-refractivity contribution in [3.8, 4) is 0 Å². The SMILES string of the molecule is CC(C)c1ccc(Br)[n+](O)c1. The maximum atomic E-state index is 9.22. The fraction of sp³-hybridized carbons (Fsp3) is 0.375. The fourth-order valence-corrected chi connectivity index (χ4v) is 1.06. The standard InChI is InChI=1S/C8H11BrNO/c1-6(2)7-3-4-8(9)10(11)5-7/h3-6,11H,1-2H3/q+1. The van der Waals surface area contributed by atoms with E-state index in [0.717, 1.165) is 10.3 Å². The summed E-state index contributed by atoms with van der Waals surface area (Å²) in [5, 5.41) is 9.22. The van der Waals surface area contributed by atoms with Gasteiger partial charge in [0, 0.05) is 32.3 Å². The fourth-order valence-electron chi connectivity index (χ4n) is 0.829. The van der Waals surface area contributed by atoms with Gasteiger partial charge < -0.3 is 0 Å². The molecule has 0 amide bonds. The highest BCUT2D eigenvalue weighted by Gasteiger charge is 2.09. The molecule has 0 bridgehead atoms. The van der Waals surface area contributed by atoms with Gasteiger partial charge in [-0.15, -0.1) is 0 Å². The van der Waals surface area contributed by atoms with Crippen LogP contribution in [0.4, 0.5) is 0 Å². The second-order valence-corrected chi connectivity index (χ2v) is 3.60. The Balaban J connectivity index is 3.05. The van der Waals surface area contributed by atoms with E-state index in [-0.39, 0.29) is 0 Å². The molecule has 0 aliphatic carbocycles. The molecule has 3 heteroatoms. The van der Waals surface area contributed by atoms with Crippen molar-refractivity contribution in [1.29, 1.82) is 0 Å². The van der Waals surface area contributed by atoms with Crippen molar-refractivity contribution >= 4 is 15.9 Å². The summed E-state index contributed by atoms with van der Waals surface area (Å²) in [5.41, 5.74) is 1.12. The highest BCUT2D eigenvalue weighted by atomic mass is 79.9. The zero-order chi connectivity index (χ0) is 8.43. The van der Waals surface area contributed by atoms with Crippen LogP contribution in [-0.2, 0) is 0 Å². The summed E-state index contributed by atoms with van der Waals surface area (Å²) in [6.07, 6.45) is 1.70. The van der Waals surface area contributed by atoms with Gasteiger partial charge in [-0.25, -0.2) is 0 Å². The Labute approximate surface area is 74.6 Å². The number of pyridine rings is 1. The van der Waals surface area contributed by atoms with Crippen LogP contribution in [0.15, 0.2) is 22.9 Å². The zero-order valence-corrected chi connectivity index (χ0v) is 8.17. The van der Waals surface area contributed by atoms with E-state index in [1.165, 1.54) is 0 Å². The lowest BCUT2D eigenvalue weighted by molar-refractivity contribution is -0.913. The number of halogens is 1. The van der Waals surface area contributed by atoms with Gasteiger partial charge in [-0.05, 0) is 12.0 Å². The quantitative estimate of drug-likeness (QED) is 0.434. The molecule has 0 spiro atoms. The molecule has 1 heterocycles. The van der Waals surface area contributed by atoms with Crippen LogP contribution in [0.25, 0.3) is 0 Å². The van der Waals surface area contributed by atoms with E-state index in [2.05, 4.69) is 29.8 Å². The molecule has 0 fully saturated rings. The lowest BCUT2D eigenvalue weighted by Crippen LogP contribution is -2.31. The van der Waals surface area contributed by atoms with Crippen LogP contribution in [0.2, 0.25) is 0 Å². The number of aromatic nitrogens is 1. The van der Waals surface area contributed by atoms with Crippen LogP contribution < -0.4 is 4.73 Å². The molecule has 0 saturated heterocycles. The molecule has 60 valence electrons. The molecule has 1 N–H and O–H groups in total. The van der Waals surface area contributed by atoms with Crippen molar-refractivity contribution < 1.29 is 9.94 Å². The Hall–Kier alpha value is -0.570. The largest absolute Gasteiger partial charge is 0.298 e. The van der Waals surface area contributed by atoms with E-state index in [1.807, 2.05) is 12.1 Å². The van der Waals surface area contributed by atoms with E-state index in [0.29, 0.717) is 10.5 Å². The first-order chi connectivity index (χ1) is 5.11. The van der Waals surface area contributed by atoms with E-state index in [9.17, 15) is 5.21 Å². The minimum atomic E-state index is 0.446. The average molecular weight is 217 g/mol. The van der Waals surface area contributed by atoms with Gasteiger partial charge in [-0.1, -0.05) is 13.8 Å². The highest BCUT2D eigenvalue weighted by molar-refractivity contribution is 9.10. The number of nitrogens with zero attached hydrogens (tertiary/aromatic N) is 1. The van der Waals surface area contributed by atoms with Gasteiger partial charge >= 0.3 is 0 Å². The predicted octanol–water partition coefficient (Wildman–Crippen LogP) is 2.10. The molecule has 1 rings (SSSR count). The Morgan fingerprint density at radius 3 is 2.55 bits per heavy atom. The third-order valence-electron chi connectivity index (χ3n) is 1.57. The Morgan fingerprint density at radius 1 is 1.45 bits per heavy atom. The molecule has 0 aliphatic heterocycles. The van der Waals surface area contributed by atoms with Gasteiger partial charge in [-0.2, -0.15) is 0 Å². The van der Waals surface area contributed by atoms with Gasteiger partial charge in [0.1, 0.15) is 0 Å². The lowest BCUT2D eigenvalue weighted by atomic mass is 10.1. The normalized spacial score (nSPS) is 10.5. The molecule has 11 heavy (non-hydrogen) atoms. The topological polar surface area (TPSA) is 24.1 Å². The van der Waals surface area contributed by atoms with Crippen LogP contribution in [0.5, 0.6) is 0 Å². The van der Waals surface area contributed by atoms with Gasteiger partial charge in [0.2, 0.25) is 6.20 Å². The summed E-state index contributed by atoms with van der Waals surface area (Å²) in [6, 6.07) is 3.82. The third-order valence-corrected chi connectivity index (χ3v) is 2.20. The highest BCUT2D eigenvalue weighted by Crippen LogP contribution is 2.13. The summed E-state index contributed by atoms with van der Waals surface area (Å²) in [4.78, 5) is 0. The molecular weight excluding hydrogens is 206 g/mol. The second kappa shape index (κ2) is 3.22. The van der Waals surface area contributed by atoms with Crippen LogP contribution >= 0.6 is 15.9 Å². The first-order valence-electron chi connectivity index (χ1n) is 3.51. The molecule has 1 aromatic heterocycles. The summed E-state index contributed by atoms with van der Waals surface area (Å²) in [5.74, 6) is 0.446. The number of hydrogen-bond acceptors (Lipinski definition) is 1. The molecule has 0 aliphatic rings. The number of rotatable bonds is 1. The Morgan fingerprint density at radius 2 is 2.09 bits per heavy atom. The van der Waals surface area contributed by atoms with Crippen LogP contribution in [-0.4, -0.2) is 5.21 Å². The number of hydrogen-bond donors (Lipinski definition) is 1. The Kier molecular flexibility index (Phi) is 2.49. The van der Waals surface area contributed by atoms with Crippen molar-refractivity contribution in [1.82, 2.24) is 0 Å². The van der Waals surface area contributed by atoms with E-state index >= 15 is 0 Å². The minimum absolute atomic E-state index is 0.446. The molecular formula is C8H11BrNO+. The Bertz CT molecular complexity index is 260. The molecule has 0 atom stereocenters. The molecule has 0 unspecified atom stereocenters. The first kappa shape index (κ1) is 8.53. The molecule has 0 aromatic carbocycles. The second-order valence-electron chi connectivity index (χ2n) is 2.78. The zero-order valence-electron chi connectivity index (χ0n) is 6.58. The van der Waals surface area contributed by atoms with Crippen molar-refractivity contribution in [2.75, 3.05) is 0 Å². The van der Waals surface area contributed by atoms with Gasteiger partial charge in [0.25, 0.3) is 4.60 Å². The monoisotopic (exact) mass is 216 g/mol. The molecule has 1 aromatic rings. The van der Waals surface area contributed by atoms with Gasteiger partial charge in [0.05, 0.1) is 0 Å². The third kappa shape index (κ3) is 1.93. The summed E-state index contributed by atoms with van der Waals surface area (Å²) in [6.45, 7) is 4.17. The van der Waals surface area contributed by atoms with Crippen molar-refractivity contribution in [3.05, 3.63) is 28.5 Å². The molecule has 0 radical (unpaired) electrons. The van der Waals surface area contributed by atoms with Crippen molar-refractivity contribution in [3.63, 3.8) is 0 Å². The van der Waals surface area contributed by atoms with Crippen molar-refractivity contribution in [2.24, 2.45) is 0 Å². The predicted molar refractivity (Wildman–Crippen MR) is 45.6 cm³/mol.